The summed E-state index contributed by atoms with van der Waals surface area (Å²) in [6.07, 6.45) is 1.66. The molecule has 1 unspecified atom stereocenters. The summed E-state index contributed by atoms with van der Waals surface area (Å²) in [4.78, 5) is 0. The third-order valence-electron chi connectivity index (χ3n) is 0.971. The van der Waals surface area contributed by atoms with Crippen LogP contribution < -0.4 is 0 Å². The molecule has 1 aliphatic heterocycles. The van der Waals surface area contributed by atoms with Gasteiger partial charge in [-0.25, -0.2) is 0 Å². The molecule has 1 atom stereocenters. The van der Waals surface area contributed by atoms with Crippen LogP contribution in [0.1, 0.15) is 6.92 Å². The summed E-state index contributed by atoms with van der Waals surface area (Å²) in [7, 11) is 0. The minimum absolute atomic E-state index is 0.0475. The van der Waals surface area contributed by atoms with E-state index >= 15 is 0 Å². The SMILES string of the molecule is CC1=CC(O)=CC(O)O1. The standard InChI is InChI=1S/C6H8O3/c1-4-2-5(7)3-6(8)9-4/h2-3,6-8H,1H3. The van der Waals surface area contributed by atoms with Gasteiger partial charge in [0.05, 0.1) is 0 Å². The van der Waals surface area contributed by atoms with Crippen LogP contribution in [-0.4, -0.2) is 16.5 Å². The first-order valence-corrected chi connectivity index (χ1v) is 2.62. The lowest BCUT2D eigenvalue weighted by atomic mass is 10.3. The maximum Gasteiger partial charge on any atom is 0.220 e. The Kier molecular flexibility index (Phi) is 1.44. The van der Waals surface area contributed by atoms with Gasteiger partial charge in [0.25, 0.3) is 0 Å². The van der Waals surface area contributed by atoms with E-state index in [1.165, 1.54) is 12.2 Å². The molecule has 0 radical (unpaired) electrons. The number of aliphatic hydroxyl groups is 2. The quantitative estimate of drug-likeness (QED) is 0.504. The number of rotatable bonds is 0. The molecule has 0 spiro atoms. The molecule has 0 saturated heterocycles. The van der Waals surface area contributed by atoms with Crippen LogP contribution in [0.4, 0.5) is 0 Å². The zero-order valence-corrected chi connectivity index (χ0v) is 5.03. The predicted molar refractivity (Wildman–Crippen MR) is 31.6 cm³/mol. The van der Waals surface area contributed by atoms with E-state index < -0.39 is 6.29 Å². The third kappa shape index (κ3) is 1.47. The molecular formula is C6H8O3. The minimum atomic E-state index is -0.991. The Morgan fingerprint density at radius 2 is 2.33 bits per heavy atom. The molecule has 0 aliphatic carbocycles. The van der Waals surface area contributed by atoms with Crippen LogP contribution in [0.5, 0.6) is 0 Å². The molecule has 50 valence electrons. The minimum Gasteiger partial charge on any atom is -0.508 e. The summed E-state index contributed by atoms with van der Waals surface area (Å²) < 4.78 is 4.74. The van der Waals surface area contributed by atoms with Crippen molar-refractivity contribution >= 4 is 0 Å². The zero-order chi connectivity index (χ0) is 6.85. The first-order valence-electron chi connectivity index (χ1n) is 2.62. The Morgan fingerprint density at radius 3 is 2.78 bits per heavy atom. The van der Waals surface area contributed by atoms with Crippen LogP contribution in [0.3, 0.4) is 0 Å². The van der Waals surface area contributed by atoms with Gasteiger partial charge in [0.15, 0.2) is 0 Å². The Bertz CT molecular complexity index is 169. The van der Waals surface area contributed by atoms with E-state index in [1.807, 2.05) is 0 Å². The molecule has 0 amide bonds. The molecule has 1 heterocycles. The highest BCUT2D eigenvalue weighted by Crippen LogP contribution is 2.11. The largest absolute Gasteiger partial charge is 0.508 e. The monoisotopic (exact) mass is 128 g/mol. The van der Waals surface area contributed by atoms with Crippen LogP contribution in [0.2, 0.25) is 0 Å². The molecule has 0 bridgehead atoms. The first kappa shape index (κ1) is 6.16. The highest BCUT2D eigenvalue weighted by Gasteiger charge is 2.07. The van der Waals surface area contributed by atoms with Crippen molar-refractivity contribution in [3.8, 4) is 0 Å². The Hall–Kier alpha value is -0.960. The van der Waals surface area contributed by atoms with E-state index in [1.54, 1.807) is 6.92 Å². The zero-order valence-electron chi connectivity index (χ0n) is 5.03. The molecule has 2 N–H and O–H groups in total. The van der Waals surface area contributed by atoms with Crippen LogP contribution >= 0.6 is 0 Å². The first-order chi connectivity index (χ1) is 4.18. The Balaban J connectivity index is 2.74. The fourth-order valence-electron chi connectivity index (χ4n) is 0.661. The van der Waals surface area contributed by atoms with Gasteiger partial charge in [-0.2, -0.15) is 0 Å². The second kappa shape index (κ2) is 2.11. The molecule has 0 aromatic heterocycles. The maximum absolute atomic E-state index is 8.79. The van der Waals surface area contributed by atoms with Gasteiger partial charge in [0.2, 0.25) is 6.29 Å². The molecule has 1 aliphatic rings. The van der Waals surface area contributed by atoms with Crippen molar-refractivity contribution in [2.24, 2.45) is 0 Å². The van der Waals surface area contributed by atoms with Gasteiger partial charge in [-0.05, 0) is 6.92 Å². The third-order valence-corrected chi connectivity index (χ3v) is 0.971. The lowest BCUT2D eigenvalue weighted by Crippen LogP contribution is -2.11. The summed E-state index contributed by atoms with van der Waals surface area (Å²) in [6, 6.07) is 0. The van der Waals surface area contributed by atoms with Crippen LogP contribution in [-0.2, 0) is 4.74 Å². The van der Waals surface area contributed by atoms with Gasteiger partial charge in [0, 0.05) is 12.2 Å². The number of aliphatic hydroxyl groups excluding tert-OH is 2. The second-order valence-corrected chi connectivity index (χ2v) is 1.85. The average Bonchev–Trinajstić information content (AvgIpc) is 1.59. The fraction of sp³-hybridized carbons (Fsp3) is 0.333. The van der Waals surface area contributed by atoms with Gasteiger partial charge < -0.3 is 14.9 Å². The normalized spacial score (nSPS) is 26.2. The van der Waals surface area contributed by atoms with Gasteiger partial charge in [-0.3, -0.25) is 0 Å². The van der Waals surface area contributed by atoms with E-state index in [9.17, 15) is 0 Å². The fourth-order valence-corrected chi connectivity index (χ4v) is 0.661. The summed E-state index contributed by atoms with van der Waals surface area (Å²) in [5, 5.41) is 17.5. The van der Waals surface area contributed by atoms with Gasteiger partial charge in [-0.15, -0.1) is 0 Å². The molecule has 1 rings (SSSR count). The highest BCUT2D eigenvalue weighted by atomic mass is 16.6. The number of hydrogen-bond donors (Lipinski definition) is 2. The lowest BCUT2D eigenvalue weighted by Gasteiger charge is -2.13. The topological polar surface area (TPSA) is 49.7 Å². The Morgan fingerprint density at radius 1 is 1.67 bits per heavy atom. The van der Waals surface area contributed by atoms with E-state index in [-0.39, 0.29) is 5.76 Å². The number of allylic oxidation sites excluding steroid dienone is 2. The van der Waals surface area contributed by atoms with Gasteiger partial charge in [-0.1, -0.05) is 0 Å². The highest BCUT2D eigenvalue weighted by molar-refractivity contribution is 5.17. The number of ether oxygens (including phenoxy) is 1. The van der Waals surface area contributed by atoms with E-state index in [0.29, 0.717) is 5.76 Å². The molecule has 0 saturated carbocycles. The summed E-state index contributed by atoms with van der Waals surface area (Å²) >= 11 is 0. The van der Waals surface area contributed by atoms with Crippen molar-refractivity contribution in [3.05, 3.63) is 23.7 Å². The van der Waals surface area contributed by atoms with Crippen molar-refractivity contribution in [2.45, 2.75) is 13.2 Å². The van der Waals surface area contributed by atoms with Crippen LogP contribution in [0.25, 0.3) is 0 Å². The van der Waals surface area contributed by atoms with Gasteiger partial charge in [0.1, 0.15) is 11.5 Å². The summed E-state index contributed by atoms with van der Waals surface area (Å²) in [5.41, 5.74) is 0. The van der Waals surface area contributed by atoms with Crippen molar-refractivity contribution in [2.75, 3.05) is 0 Å². The predicted octanol–water partition coefficient (Wildman–Crippen LogP) is 0.681. The molecular weight excluding hydrogens is 120 g/mol. The van der Waals surface area contributed by atoms with Crippen LogP contribution in [0.15, 0.2) is 23.7 Å². The summed E-state index contributed by atoms with van der Waals surface area (Å²) in [5.74, 6) is 0.564. The lowest BCUT2D eigenvalue weighted by molar-refractivity contribution is -0.0316. The van der Waals surface area contributed by atoms with Crippen molar-refractivity contribution in [1.29, 1.82) is 0 Å². The summed E-state index contributed by atoms with van der Waals surface area (Å²) in [6.45, 7) is 1.66. The molecule has 0 aromatic carbocycles. The molecule has 0 aromatic rings. The number of hydrogen-bond acceptors (Lipinski definition) is 3. The van der Waals surface area contributed by atoms with Gasteiger partial charge >= 0.3 is 0 Å². The van der Waals surface area contributed by atoms with E-state index in [0.717, 1.165) is 0 Å². The van der Waals surface area contributed by atoms with Crippen LogP contribution in [0, 0.1) is 0 Å². The molecule has 3 heteroatoms. The molecule has 0 fully saturated rings. The maximum atomic E-state index is 8.79. The van der Waals surface area contributed by atoms with E-state index in [2.05, 4.69) is 0 Å². The van der Waals surface area contributed by atoms with Crippen molar-refractivity contribution in [3.63, 3.8) is 0 Å². The molecule has 3 nitrogen and oxygen atoms in total. The van der Waals surface area contributed by atoms with Crippen molar-refractivity contribution in [1.82, 2.24) is 0 Å². The second-order valence-electron chi connectivity index (χ2n) is 1.85. The average molecular weight is 128 g/mol. The molecule has 9 heavy (non-hydrogen) atoms. The van der Waals surface area contributed by atoms with Crippen molar-refractivity contribution < 1.29 is 14.9 Å². The van der Waals surface area contributed by atoms with E-state index in [4.69, 9.17) is 14.9 Å². The Labute approximate surface area is 52.9 Å². The smallest absolute Gasteiger partial charge is 0.220 e.